The zero-order chi connectivity index (χ0) is 26.0. The minimum absolute atomic E-state index is 0.103. The minimum Gasteiger partial charge on any atom is -0.491 e. The predicted molar refractivity (Wildman–Crippen MR) is 138 cm³/mol. The number of aliphatic hydroxyl groups excluding tert-OH is 1. The number of anilines is 1. The van der Waals surface area contributed by atoms with Gasteiger partial charge in [0, 0.05) is 22.4 Å². The first-order chi connectivity index (χ1) is 17.4. The lowest BCUT2D eigenvalue weighted by Gasteiger charge is -2.35. The predicted octanol–water partition coefficient (Wildman–Crippen LogP) is 5.37. The lowest BCUT2D eigenvalue weighted by Crippen LogP contribution is -2.29. The van der Waals surface area contributed by atoms with Crippen molar-refractivity contribution < 1.29 is 29.4 Å². The van der Waals surface area contributed by atoms with Crippen LogP contribution >= 0.6 is 0 Å². The van der Waals surface area contributed by atoms with E-state index in [1.165, 1.54) is 6.08 Å². The number of ether oxygens (including phenoxy) is 2. The van der Waals surface area contributed by atoms with Gasteiger partial charge in [-0.1, -0.05) is 74.5 Å². The molecule has 0 spiro atoms. The quantitative estimate of drug-likeness (QED) is 0.162. The summed E-state index contributed by atoms with van der Waals surface area (Å²) in [7, 11) is 0. The Morgan fingerprint density at radius 1 is 1.03 bits per heavy atom. The Morgan fingerprint density at radius 3 is 2.53 bits per heavy atom. The van der Waals surface area contributed by atoms with Crippen molar-refractivity contribution in [3.8, 4) is 5.75 Å². The van der Waals surface area contributed by atoms with Crippen molar-refractivity contribution in [2.75, 3.05) is 18.5 Å². The highest BCUT2D eigenvalue weighted by Crippen LogP contribution is 2.44. The molecule has 3 rings (SSSR count). The minimum atomic E-state index is -0.706. The Hall–Kier alpha value is -3.88. The van der Waals surface area contributed by atoms with E-state index in [0.29, 0.717) is 29.8 Å². The molecule has 2 amide bonds. The molecule has 0 bridgehead atoms. The number of fused-ring (bicyclic) bond motifs is 1. The Balaban J connectivity index is 1.87. The summed E-state index contributed by atoms with van der Waals surface area (Å²) in [5, 5.41) is 22.7. The van der Waals surface area contributed by atoms with Gasteiger partial charge in [-0.3, -0.25) is 15.3 Å². The van der Waals surface area contributed by atoms with Crippen LogP contribution in [0.4, 0.5) is 10.5 Å². The summed E-state index contributed by atoms with van der Waals surface area (Å²) in [5.41, 5.74) is 2.29. The number of para-hydroxylation sites is 1. The molecule has 36 heavy (non-hydrogen) atoms. The Bertz CT molecular complexity index is 1200. The molecular weight excluding hydrogens is 460 g/mol. The van der Waals surface area contributed by atoms with Crippen molar-refractivity contribution in [3.63, 3.8) is 0 Å². The zero-order valence-electron chi connectivity index (χ0n) is 20.4. The number of allylic oxidation sites excluding steroid dienone is 1. The largest absolute Gasteiger partial charge is 0.491 e. The number of benzene rings is 3. The van der Waals surface area contributed by atoms with E-state index < -0.39 is 23.5 Å². The number of hydroxylamine groups is 1. The van der Waals surface area contributed by atoms with Crippen molar-refractivity contribution in [2.45, 2.75) is 32.8 Å². The number of carbonyl (C=O) groups excluding carboxylic acids is 2. The molecule has 4 N–H and O–H groups in total. The van der Waals surface area contributed by atoms with E-state index in [1.54, 1.807) is 17.6 Å². The average Bonchev–Trinajstić information content (AvgIpc) is 2.89. The van der Waals surface area contributed by atoms with Gasteiger partial charge in [0.15, 0.2) is 0 Å². The molecule has 0 saturated carbocycles. The SMILES string of the molecule is CC(C)(CC/C=C/C(=O)NO)[C@@H](OC(=O)Nc1cccc2ccccc12)c1ccccc1OCCO. The van der Waals surface area contributed by atoms with Crippen LogP contribution in [-0.2, 0) is 9.53 Å². The van der Waals surface area contributed by atoms with Crippen molar-refractivity contribution in [3.05, 3.63) is 84.4 Å². The Kier molecular flexibility index (Phi) is 9.44. The van der Waals surface area contributed by atoms with E-state index in [4.69, 9.17) is 14.7 Å². The van der Waals surface area contributed by atoms with E-state index in [0.717, 1.165) is 10.8 Å². The summed E-state index contributed by atoms with van der Waals surface area (Å²) in [6.45, 7) is 3.88. The summed E-state index contributed by atoms with van der Waals surface area (Å²) in [6, 6.07) is 20.6. The lowest BCUT2D eigenvalue weighted by atomic mass is 9.78. The van der Waals surface area contributed by atoms with Crippen LogP contribution < -0.4 is 15.5 Å². The van der Waals surface area contributed by atoms with Crippen LogP contribution in [0.5, 0.6) is 5.75 Å². The van der Waals surface area contributed by atoms with Gasteiger partial charge in [0.05, 0.1) is 12.3 Å². The topological polar surface area (TPSA) is 117 Å². The number of aliphatic hydroxyl groups is 1. The number of rotatable bonds is 11. The zero-order valence-corrected chi connectivity index (χ0v) is 20.4. The van der Waals surface area contributed by atoms with E-state index >= 15 is 0 Å². The molecule has 3 aromatic rings. The number of hydrogen-bond acceptors (Lipinski definition) is 6. The normalized spacial score (nSPS) is 12.3. The van der Waals surface area contributed by atoms with E-state index in [-0.39, 0.29) is 13.2 Å². The molecular formula is C28H32N2O6. The molecule has 1 atom stereocenters. The molecule has 8 nitrogen and oxygen atoms in total. The fraction of sp³-hybridized carbons (Fsp3) is 0.286. The van der Waals surface area contributed by atoms with Crippen LogP contribution in [0.15, 0.2) is 78.9 Å². The maximum absolute atomic E-state index is 13.2. The second kappa shape index (κ2) is 12.7. The highest BCUT2D eigenvalue weighted by Gasteiger charge is 2.36. The van der Waals surface area contributed by atoms with Crippen molar-refractivity contribution in [1.29, 1.82) is 0 Å². The van der Waals surface area contributed by atoms with Crippen LogP contribution in [0.1, 0.15) is 38.4 Å². The highest BCUT2D eigenvalue weighted by atomic mass is 16.6. The highest BCUT2D eigenvalue weighted by molar-refractivity contribution is 6.00. The molecule has 0 radical (unpaired) electrons. The molecule has 0 aliphatic heterocycles. The summed E-state index contributed by atoms with van der Waals surface area (Å²) >= 11 is 0. The van der Waals surface area contributed by atoms with Crippen LogP contribution in [-0.4, -0.2) is 35.5 Å². The van der Waals surface area contributed by atoms with Gasteiger partial charge >= 0.3 is 6.09 Å². The molecule has 0 unspecified atom stereocenters. The fourth-order valence-corrected chi connectivity index (χ4v) is 4.02. The molecule has 0 heterocycles. The molecule has 0 saturated heterocycles. The fourth-order valence-electron chi connectivity index (χ4n) is 4.02. The van der Waals surface area contributed by atoms with Gasteiger partial charge in [-0.25, -0.2) is 10.3 Å². The molecule has 8 heteroatoms. The van der Waals surface area contributed by atoms with Gasteiger partial charge in [-0.2, -0.15) is 0 Å². The second-order valence-electron chi connectivity index (χ2n) is 8.95. The van der Waals surface area contributed by atoms with Gasteiger partial charge in [-0.05, 0) is 30.4 Å². The third kappa shape index (κ3) is 7.07. The average molecular weight is 493 g/mol. The third-order valence-corrected chi connectivity index (χ3v) is 5.85. The lowest BCUT2D eigenvalue weighted by molar-refractivity contribution is -0.124. The molecule has 0 aliphatic rings. The van der Waals surface area contributed by atoms with E-state index in [9.17, 15) is 14.7 Å². The maximum atomic E-state index is 13.2. The standard InChI is InChI=1S/C28H32N2O6/c1-28(2,17-8-7-16-25(32)30-34)26(22-13-5-6-15-24(22)35-19-18-31)36-27(33)29-23-14-9-11-20-10-3-4-12-21(20)23/h3-7,9-16,26,31,34H,8,17-19H2,1-2H3,(H,29,33)(H,30,32)/b16-7+/t26-/m0/s1. The summed E-state index contributed by atoms with van der Waals surface area (Å²) < 4.78 is 11.8. The van der Waals surface area contributed by atoms with Gasteiger partial charge in [0.2, 0.25) is 0 Å². The molecule has 0 aromatic heterocycles. The van der Waals surface area contributed by atoms with E-state index in [2.05, 4.69) is 5.32 Å². The number of amides is 2. The first-order valence-electron chi connectivity index (χ1n) is 11.7. The summed E-state index contributed by atoms with van der Waals surface area (Å²) in [6.07, 6.45) is 2.64. The number of carbonyl (C=O) groups is 2. The van der Waals surface area contributed by atoms with Gasteiger partial charge < -0.3 is 14.6 Å². The maximum Gasteiger partial charge on any atom is 0.412 e. The van der Waals surface area contributed by atoms with Crippen LogP contribution in [0.25, 0.3) is 10.8 Å². The monoisotopic (exact) mass is 492 g/mol. The third-order valence-electron chi connectivity index (χ3n) is 5.85. The van der Waals surface area contributed by atoms with Crippen LogP contribution in [0.3, 0.4) is 0 Å². The van der Waals surface area contributed by atoms with E-state index in [1.807, 2.05) is 74.5 Å². The first kappa shape index (κ1) is 26.7. The Labute approximate surface area is 210 Å². The van der Waals surface area contributed by atoms with Crippen LogP contribution in [0, 0.1) is 5.41 Å². The molecule has 3 aromatic carbocycles. The molecule has 0 aliphatic carbocycles. The number of hydrogen-bond donors (Lipinski definition) is 4. The van der Waals surface area contributed by atoms with Gasteiger partial charge in [0.1, 0.15) is 18.5 Å². The first-order valence-corrected chi connectivity index (χ1v) is 11.7. The van der Waals surface area contributed by atoms with Crippen LogP contribution in [0.2, 0.25) is 0 Å². The van der Waals surface area contributed by atoms with Gasteiger partial charge in [0.25, 0.3) is 5.91 Å². The second-order valence-corrected chi connectivity index (χ2v) is 8.95. The van der Waals surface area contributed by atoms with Gasteiger partial charge in [-0.15, -0.1) is 0 Å². The van der Waals surface area contributed by atoms with Crippen molar-refractivity contribution >= 4 is 28.5 Å². The summed E-state index contributed by atoms with van der Waals surface area (Å²) in [4.78, 5) is 24.4. The molecule has 190 valence electrons. The summed E-state index contributed by atoms with van der Waals surface area (Å²) in [5.74, 6) is -0.101. The Morgan fingerprint density at radius 2 is 1.75 bits per heavy atom. The molecule has 0 fully saturated rings. The number of nitrogens with one attached hydrogen (secondary N) is 2. The van der Waals surface area contributed by atoms with Crippen molar-refractivity contribution in [1.82, 2.24) is 5.48 Å². The smallest absolute Gasteiger partial charge is 0.412 e. The van der Waals surface area contributed by atoms with Crippen molar-refractivity contribution in [2.24, 2.45) is 5.41 Å².